The summed E-state index contributed by atoms with van der Waals surface area (Å²) >= 11 is 0. The minimum Gasteiger partial charge on any atom is -0.480 e. The molecule has 9 heteroatoms. The number of nitrogens with one attached hydrogen (secondary N) is 2. The van der Waals surface area contributed by atoms with Gasteiger partial charge in [-0.1, -0.05) is 0 Å². The van der Waals surface area contributed by atoms with Crippen LogP contribution in [0.3, 0.4) is 0 Å². The average Bonchev–Trinajstić information content (AvgIpc) is 2.37. The van der Waals surface area contributed by atoms with Crippen molar-refractivity contribution in [1.29, 1.82) is 0 Å². The third-order valence-corrected chi connectivity index (χ3v) is 2.72. The smallest absolute Gasteiger partial charge is 0.323 e. The van der Waals surface area contributed by atoms with Crippen LogP contribution in [-0.4, -0.2) is 66.7 Å². The van der Waals surface area contributed by atoms with Crippen LogP contribution in [0.4, 0.5) is 4.79 Å². The predicted octanol–water partition coefficient (Wildman–Crippen LogP) is -1.47. The first kappa shape index (κ1) is 15.9. The predicted molar refractivity (Wildman–Crippen MR) is 65.8 cm³/mol. The number of urea groups is 1. The van der Waals surface area contributed by atoms with Crippen LogP contribution in [0.15, 0.2) is 0 Å². The number of imide groups is 1. The van der Waals surface area contributed by atoms with Gasteiger partial charge in [0.1, 0.15) is 12.6 Å². The van der Waals surface area contributed by atoms with Crippen molar-refractivity contribution < 1.29 is 29.0 Å². The van der Waals surface area contributed by atoms with Crippen LogP contribution in [0.5, 0.6) is 0 Å². The number of carboxylic acids is 1. The second kappa shape index (κ2) is 7.43. The van der Waals surface area contributed by atoms with Crippen molar-refractivity contribution in [2.75, 3.05) is 26.8 Å². The standard InChI is InChI=1S/C11H17N3O6/c1-20-5-4-14(6-9(16)17)11(19)12-7-2-3-8(15)13-10(7)18/h7H,2-6H2,1H3,(H,12,19)(H,16,17)(H,13,15,18). The van der Waals surface area contributed by atoms with Gasteiger partial charge in [-0.05, 0) is 6.42 Å². The number of carboxylic acid groups (broad SMARTS) is 1. The van der Waals surface area contributed by atoms with Crippen LogP contribution < -0.4 is 10.6 Å². The second-order valence-corrected chi connectivity index (χ2v) is 4.26. The molecule has 112 valence electrons. The van der Waals surface area contributed by atoms with Gasteiger partial charge in [0, 0.05) is 20.1 Å². The number of rotatable bonds is 6. The molecule has 20 heavy (non-hydrogen) atoms. The summed E-state index contributed by atoms with van der Waals surface area (Å²) in [6.45, 7) is -0.236. The summed E-state index contributed by atoms with van der Waals surface area (Å²) in [6, 6.07) is -1.52. The lowest BCUT2D eigenvalue weighted by atomic mass is 10.1. The zero-order valence-corrected chi connectivity index (χ0v) is 11.0. The monoisotopic (exact) mass is 287 g/mol. The van der Waals surface area contributed by atoms with E-state index < -0.39 is 30.5 Å². The molecule has 1 saturated heterocycles. The van der Waals surface area contributed by atoms with Crippen molar-refractivity contribution in [3.05, 3.63) is 0 Å². The zero-order chi connectivity index (χ0) is 15.1. The van der Waals surface area contributed by atoms with Gasteiger partial charge in [0.25, 0.3) is 0 Å². The molecule has 0 aromatic carbocycles. The summed E-state index contributed by atoms with van der Waals surface area (Å²) < 4.78 is 4.79. The van der Waals surface area contributed by atoms with E-state index in [1.807, 2.05) is 0 Å². The Labute approximate surface area is 115 Å². The third-order valence-electron chi connectivity index (χ3n) is 2.72. The highest BCUT2D eigenvalue weighted by molar-refractivity contribution is 6.01. The lowest BCUT2D eigenvalue weighted by Gasteiger charge is -2.26. The van der Waals surface area contributed by atoms with Crippen LogP contribution in [0.25, 0.3) is 0 Å². The first-order valence-electron chi connectivity index (χ1n) is 6.04. The van der Waals surface area contributed by atoms with E-state index in [1.165, 1.54) is 7.11 Å². The summed E-state index contributed by atoms with van der Waals surface area (Å²) in [5, 5.41) is 13.3. The maximum atomic E-state index is 11.9. The van der Waals surface area contributed by atoms with E-state index in [0.717, 1.165) is 4.90 Å². The molecule has 1 heterocycles. The number of methoxy groups -OCH3 is 1. The van der Waals surface area contributed by atoms with Gasteiger partial charge < -0.3 is 20.1 Å². The van der Waals surface area contributed by atoms with Gasteiger partial charge in [-0.3, -0.25) is 19.7 Å². The number of hydrogen-bond acceptors (Lipinski definition) is 5. The molecule has 0 aromatic rings. The highest BCUT2D eigenvalue weighted by atomic mass is 16.5. The Morgan fingerprint density at radius 3 is 2.75 bits per heavy atom. The molecular weight excluding hydrogens is 270 g/mol. The molecule has 1 aliphatic rings. The van der Waals surface area contributed by atoms with E-state index in [0.29, 0.717) is 0 Å². The number of hydrogen-bond donors (Lipinski definition) is 3. The molecule has 1 unspecified atom stereocenters. The van der Waals surface area contributed by atoms with Gasteiger partial charge in [-0.2, -0.15) is 0 Å². The Balaban J connectivity index is 2.58. The van der Waals surface area contributed by atoms with Gasteiger partial charge in [0.05, 0.1) is 6.61 Å². The van der Waals surface area contributed by atoms with E-state index in [4.69, 9.17) is 9.84 Å². The molecular formula is C11H17N3O6. The summed E-state index contributed by atoms with van der Waals surface area (Å²) in [6.07, 6.45) is 0.329. The third kappa shape index (κ3) is 4.84. The number of ether oxygens (including phenoxy) is 1. The highest BCUT2D eigenvalue weighted by Gasteiger charge is 2.29. The van der Waals surface area contributed by atoms with E-state index in [1.54, 1.807) is 0 Å². The lowest BCUT2D eigenvalue weighted by molar-refractivity contribution is -0.137. The van der Waals surface area contributed by atoms with Crippen molar-refractivity contribution in [1.82, 2.24) is 15.5 Å². The number of carbonyl (C=O) groups excluding carboxylic acids is 3. The molecule has 1 fully saturated rings. The number of carbonyl (C=O) groups is 4. The summed E-state index contributed by atoms with van der Waals surface area (Å²) in [5.74, 6) is -2.14. The molecule has 0 bridgehead atoms. The molecule has 1 aliphatic heterocycles. The number of piperidine rings is 1. The fourth-order valence-electron chi connectivity index (χ4n) is 1.69. The van der Waals surface area contributed by atoms with Crippen LogP contribution in [0, 0.1) is 0 Å². The van der Waals surface area contributed by atoms with Crippen LogP contribution in [0.2, 0.25) is 0 Å². The lowest BCUT2D eigenvalue weighted by Crippen LogP contribution is -2.55. The van der Waals surface area contributed by atoms with Crippen molar-refractivity contribution >= 4 is 23.8 Å². The maximum absolute atomic E-state index is 11.9. The van der Waals surface area contributed by atoms with Gasteiger partial charge in [-0.25, -0.2) is 4.79 Å². The molecule has 0 aliphatic carbocycles. The molecule has 4 amide bonds. The summed E-state index contributed by atoms with van der Waals surface area (Å²) in [4.78, 5) is 46.1. The van der Waals surface area contributed by atoms with Crippen LogP contribution >= 0.6 is 0 Å². The average molecular weight is 287 g/mol. The van der Waals surface area contributed by atoms with Gasteiger partial charge in [-0.15, -0.1) is 0 Å². The first-order chi connectivity index (χ1) is 9.43. The Kier molecular flexibility index (Phi) is 5.91. The molecule has 0 aromatic heterocycles. The Hall–Kier alpha value is -2.16. The molecule has 9 nitrogen and oxygen atoms in total. The SMILES string of the molecule is COCCN(CC(=O)O)C(=O)NC1CCC(=O)NC1=O. The van der Waals surface area contributed by atoms with E-state index in [9.17, 15) is 19.2 Å². The van der Waals surface area contributed by atoms with Crippen molar-refractivity contribution in [2.45, 2.75) is 18.9 Å². The van der Waals surface area contributed by atoms with Gasteiger partial charge >= 0.3 is 12.0 Å². The van der Waals surface area contributed by atoms with E-state index in [2.05, 4.69) is 10.6 Å². The molecule has 0 spiro atoms. The summed E-state index contributed by atoms with van der Waals surface area (Å²) in [7, 11) is 1.43. The minimum atomic E-state index is -1.17. The fraction of sp³-hybridized carbons (Fsp3) is 0.636. The Morgan fingerprint density at radius 2 is 2.20 bits per heavy atom. The quantitative estimate of drug-likeness (QED) is 0.512. The molecule has 0 saturated carbocycles. The Morgan fingerprint density at radius 1 is 1.50 bits per heavy atom. The highest BCUT2D eigenvalue weighted by Crippen LogP contribution is 2.05. The van der Waals surface area contributed by atoms with Crippen molar-refractivity contribution in [3.63, 3.8) is 0 Å². The van der Waals surface area contributed by atoms with Crippen LogP contribution in [-0.2, 0) is 19.1 Å². The van der Waals surface area contributed by atoms with E-state index in [-0.39, 0.29) is 31.9 Å². The maximum Gasteiger partial charge on any atom is 0.323 e. The van der Waals surface area contributed by atoms with Gasteiger partial charge in [0.15, 0.2) is 0 Å². The second-order valence-electron chi connectivity index (χ2n) is 4.26. The zero-order valence-electron chi connectivity index (χ0n) is 11.0. The number of amides is 4. The first-order valence-corrected chi connectivity index (χ1v) is 6.04. The van der Waals surface area contributed by atoms with Crippen molar-refractivity contribution in [3.8, 4) is 0 Å². The van der Waals surface area contributed by atoms with E-state index >= 15 is 0 Å². The molecule has 3 N–H and O–H groups in total. The largest absolute Gasteiger partial charge is 0.480 e. The van der Waals surface area contributed by atoms with Gasteiger partial charge in [0.2, 0.25) is 11.8 Å². The number of nitrogens with zero attached hydrogens (tertiary/aromatic N) is 1. The normalized spacial score (nSPS) is 18.4. The van der Waals surface area contributed by atoms with Crippen LogP contribution in [0.1, 0.15) is 12.8 Å². The topological polar surface area (TPSA) is 125 Å². The fourth-order valence-corrected chi connectivity index (χ4v) is 1.69. The minimum absolute atomic E-state index is 0.0852. The van der Waals surface area contributed by atoms with Crippen molar-refractivity contribution in [2.24, 2.45) is 0 Å². The molecule has 1 atom stereocenters. The Bertz CT molecular complexity index is 411. The molecule has 0 radical (unpaired) electrons. The molecule has 1 rings (SSSR count). The number of aliphatic carboxylic acids is 1. The summed E-state index contributed by atoms with van der Waals surface area (Å²) in [5.41, 5.74) is 0.